The highest BCUT2D eigenvalue weighted by molar-refractivity contribution is 6.33. The second-order valence-corrected chi connectivity index (χ2v) is 8.49. The Morgan fingerprint density at radius 1 is 1.19 bits per heavy atom. The van der Waals surface area contributed by atoms with Crippen molar-refractivity contribution in [1.29, 1.82) is 0 Å². The predicted octanol–water partition coefficient (Wildman–Crippen LogP) is 6.60. The summed E-state index contributed by atoms with van der Waals surface area (Å²) in [6, 6.07) is 8.75. The first kappa shape index (κ1) is 22.7. The van der Waals surface area contributed by atoms with Crippen molar-refractivity contribution >= 4 is 22.6 Å². The Labute approximate surface area is 188 Å². The molecule has 0 radical (unpaired) electrons. The van der Waals surface area contributed by atoms with Crippen LogP contribution in [0.2, 0.25) is 5.02 Å². The van der Waals surface area contributed by atoms with Gasteiger partial charge in [-0.1, -0.05) is 43.1 Å². The van der Waals surface area contributed by atoms with E-state index in [9.17, 15) is 23.1 Å². The minimum absolute atomic E-state index is 0.0164. The van der Waals surface area contributed by atoms with E-state index in [4.69, 9.17) is 16.0 Å². The highest BCUT2D eigenvalue weighted by Gasteiger charge is 2.40. The third-order valence-electron chi connectivity index (χ3n) is 6.12. The molecule has 4 rings (SSSR count). The number of nitrogens with zero attached hydrogens (tertiary/aromatic N) is 1. The number of hydrogen-bond acceptors (Lipinski definition) is 4. The Morgan fingerprint density at radius 3 is 2.62 bits per heavy atom. The first-order valence-electron chi connectivity index (χ1n) is 10.6. The Kier molecular flexibility index (Phi) is 6.23. The number of alkyl halides is 3. The van der Waals surface area contributed by atoms with Crippen LogP contribution in [0.15, 0.2) is 45.6 Å². The lowest BCUT2D eigenvalue weighted by molar-refractivity contribution is -0.152. The van der Waals surface area contributed by atoms with Crippen LogP contribution in [-0.4, -0.2) is 22.6 Å². The molecule has 2 aromatic carbocycles. The summed E-state index contributed by atoms with van der Waals surface area (Å²) in [4.78, 5) is 15.4. The normalized spacial score (nSPS) is 17.7. The molecule has 0 saturated carbocycles. The van der Waals surface area contributed by atoms with Crippen LogP contribution in [-0.2, 0) is 12.7 Å². The quantitative estimate of drug-likeness (QED) is 0.471. The lowest BCUT2D eigenvalue weighted by atomic mass is 9.97. The smallest absolute Gasteiger partial charge is 0.450 e. The molecule has 1 aromatic heterocycles. The van der Waals surface area contributed by atoms with Gasteiger partial charge in [-0.15, -0.1) is 0 Å². The molecule has 1 fully saturated rings. The number of hydrogen-bond donors (Lipinski definition) is 1. The van der Waals surface area contributed by atoms with E-state index in [0.29, 0.717) is 0 Å². The maximum absolute atomic E-state index is 14.0. The van der Waals surface area contributed by atoms with Crippen molar-refractivity contribution in [3.63, 3.8) is 0 Å². The Bertz CT molecular complexity index is 1210. The molecule has 0 spiro atoms. The van der Waals surface area contributed by atoms with E-state index in [1.165, 1.54) is 30.3 Å². The molecule has 32 heavy (non-hydrogen) atoms. The van der Waals surface area contributed by atoms with Crippen LogP contribution < -0.4 is 5.43 Å². The number of piperidine rings is 1. The molecular formula is C24H23ClF3NO3. The summed E-state index contributed by atoms with van der Waals surface area (Å²) in [5.74, 6) is -1.61. The third-order valence-corrected chi connectivity index (χ3v) is 6.45. The average molecular weight is 466 g/mol. The van der Waals surface area contributed by atoms with Gasteiger partial charge in [-0.05, 0) is 44.0 Å². The van der Waals surface area contributed by atoms with Gasteiger partial charge in [0.25, 0.3) is 0 Å². The molecule has 3 aromatic rings. The summed E-state index contributed by atoms with van der Waals surface area (Å²) in [6.45, 7) is 3.03. The molecule has 4 nitrogen and oxygen atoms in total. The van der Waals surface area contributed by atoms with Crippen LogP contribution in [0.5, 0.6) is 5.75 Å². The molecule has 0 aliphatic carbocycles. The van der Waals surface area contributed by atoms with Gasteiger partial charge in [0.2, 0.25) is 11.2 Å². The zero-order valence-electron chi connectivity index (χ0n) is 17.5. The minimum Gasteiger partial charge on any atom is -0.507 e. The molecular weight excluding hydrogens is 443 g/mol. The van der Waals surface area contributed by atoms with Gasteiger partial charge in [-0.2, -0.15) is 13.2 Å². The second kappa shape index (κ2) is 8.79. The van der Waals surface area contributed by atoms with Crippen molar-refractivity contribution in [2.45, 2.75) is 51.4 Å². The predicted molar refractivity (Wildman–Crippen MR) is 118 cm³/mol. The number of phenolic OH excluding ortho intramolecular Hbond substituents is 1. The van der Waals surface area contributed by atoms with E-state index in [2.05, 4.69) is 11.8 Å². The summed E-state index contributed by atoms with van der Waals surface area (Å²) in [5, 5.41) is 10.5. The number of rotatable bonds is 4. The number of aromatic hydroxyl groups is 1. The first-order chi connectivity index (χ1) is 15.2. The van der Waals surface area contributed by atoms with Crippen LogP contribution in [0.1, 0.15) is 43.9 Å². The molecule has 1 aliphatic heterocycles. The molecule has 1 saturated heterocycles. The van der Waals surface area contributed by atoms with E-state index >= 15 is 0 Å². The Morgan fingerprint density at radius 2 is 1.94 bits per heavy atom. The maximum Gasteiger partial charge on any atom is 0.450 e. The van der Waals surface area contributed by atoms with Crippen molar-refractivity contribution in [3.05, 3.63) is 63.0 Å². The summed E-state index contributed by atoms with van der Waals surface area (Å²) < 4.78 is 47.5. The minimum atomic E-state index is -4.93. The summed E-state index contributed by atoms with van der Waals surface area (Å²) in [7, 11) is 0. The van der Waals surface area contributed by atoms with E-state index < -0.39 is 22.9 Å². The second-order valence-electron chi connectivity index (χ2n) is 8.08. The lowest BCUT2D eigenvalue weighted by Crippen LogP contribution is -2.38. The fourth-order valence-electron chi connectivity index (χ4n) is 4.50. The van der Waals surface area contributed by atoms with Crippen molar-refractivity contribution in [2.24, 2.45) is 0 Å². The van der Waals surface area contributed by atoms with Gasteiger partial charge in [-0.25, -0.2) is 0 Å². The summed E-state index contributed by atoms with van der Waals surface area (Å²) >= 11 is 6.13. The van der Waals surface area contributed by atoms with Gasteiger partial charge < -0.3 is 9.52 Å². The number of phenols is 1. The standard InChI is InChI=1S/C24H23ClF3NO3/c1-2-14-7-5-6-12-29(14)13-17-19(30)11-10-16-21(31)20(15-8-3-4-9-18(15)25)23(24(26,27)28)32-22(16)17/h3-4,8-11,14,30H,2,5-7,12-13H2,1H3/t14-/m0/s1. The van der Waals surface area contributed by atoms with E-state index in [1.54, 1.807) is 6.07 Å². The Balaban J connectivity index is 1.97. The molecule has 170 valence electrons. The maximum atomic E-state index is 14.0. The molecule has 1 aliphatic rings. The zero-order chi connectivity index (χ0) is 23.0. The average Bonchev–Trinajstić information content (AvgIpc) is 2.76. The molecule has 0 bridgehead atoms. The number of fused-ring (bicyclic) bond motifs is 1. The zero-order valence-corrected chi connectivity index (χ0v) is 18.3. The monoisotopic (exact) mass is 465 g/mol. The van der Waals surface area contributed by atoms with Crippen LogP contribution in [0.3, 0.4) is 0 Å². The molecule has 1 N–H and O–H groups in total. The van der Waals surface area contributed by atoms with Gasteiger partial charge in [0.15, 0.2) is 0 Å². The fraction of sp³-hybridized carbons (Fsp3) is 0.375. The van der Waals surface area contributed by atoms with Gasteiger partial charge in [-0.3, -0.25) is 9.69 Å². The van der Waals surface area contributed by atoms with Crippen LogP contribution in [0.25, 0.3) is 22.1 Å². The largest absolute Gasteiger partial charge is 0.507 e. The summed E-state index contributed by atoms with van der Waals surface area (Å²) in [6.07, 6.45) is -1.00. The van der Waals surface area contributed by atoms with Gasteiger partial charge in [0, 0.05) is 23.2 Å². The third kappa shape index (κ3) is 4.11. The van der Waals surface area contributed by atoms with Crippen molar-refractivity contribution in [1.82, 2.24) is 4.90 Å². The molecule has 0 unspecified atom stereocenters. The highest BCUT2D eigenvalue weighted by Crippen LogP contribution is 2.41. The van der Waals surface area contributed by atoms with E-state index in [0.717, 1.165) is 32.2 Å². The van der Waals surface area contributed by atoms with Crippen molar-refractivity contribution in [2.75, 3.05) is 6.54 Å². The number of likely N-dealkylation sites (tertiary alicyclic amines) is 1. The first-order valence-corrected chi connectivity index (χ1v) is 11.0. The summed E-state index contributed by atoms with van der Waals surface area (Å²) in [5.41, 5.74) is -1.56. The van der Waals surface area contributed by atoms with Crippen molar-refractivity contribution < 1.29 is 22.7 Å². The van der Waals surface area contributed by atoms with Gasteiger partial charge in [0.1, 0.15) is 11.3 Å². The van der Waals surface area contributed by atoms with Crippen LogP contribution >= 0.6 is 11.6 Å². The van der Waals surface area contributed by atoms with E-state index in [1.807, 2.05) is 0 Å². The molecule has 8 heteroatoms. The number of halogens is 4. The number of benzene rings is 2. The topological polar surface area (TPSA) is 53.7 Å². The van der Waals surface area contributed by atoms with Gasteiger partial charge >= 0.3 is 6.18 Å². The highest BCUT2D eigenvalue weighted by atomic mass is 35.5. The molecule has 0 amide bonds. The van der Waals surface area contributed by atoms with E-state index in [-0.39, 0.29) is 45.5 Å². The SMILES string of the molecule is CC[C@H]1CCCCN1Cc1c(O)ccc2c(=O)c(-c3ccccc3Cl)c(C(F)(F)F)oc12. The fourth-order valence-corrected chi connectivity index (χ4v) is 4.73. The lowest BCUT2D eigenvalue weighted by Gasteiger charge is -2.35. The van der Waals surface area contributed by atoms with Gasteiger partial charge in [0.05, 0.1) is 16.5 Å². The molecule has 1 atom stereocenters. The van der Waals surface area contributed by atoms with Crippen molar-refractivity contribution in [3.8, 4) is 16.9 Å². The van der Waals surface area contributed by atoms with Crippen LogP contribution in [0, 0.1) is 0 Å². The molecule has 2 heterocycles. The Hall–Kier alpha value is -2.51. The van der Waals surface area contributed by atoms with Crippen LogP contribution in [0.4, 0.5) is 13.2 Å².